The third kappa shape index (κ3) is 3.14. The van der Waals surface area contributed by atoms with Crippen molar-refractivity contribution in [2.24, 2.45) is 0 Å². The normalized spacial score (nSPS) is 12.3. The number of rotatable bonds is 4. The van der Waals surface area contributed by atoms with Gasteiger partial charge < -0.3 is 4.57 Å². The molecule has 1 aromatic rings. The van der Waals surface area contributed by atoms with Gasteiger partial charge in [-0.05, 0) is 0 Å². The molecule has 0 saturated carbocycles. The third-order valence-electron chi connectivity index (χ3n) is 1.97. The molecule has 0 aliphatic rings. The van der Waals surface area contributed by atoms with Gasteiger partial charge in [-0.2, -0.15) is 0 Å². The van der Waals surface area contributed by atoms with Crippen LogP contribution >= 0.6 is 0 Å². The summed E-state index contributed by atoms with van der Waals surface area (Å²) < 4.78 is 23.8. The minimum absolute atomic E-state index is 0.170. The predicted octanol–water partition coefficient (Wildman–Crippen LogP) is 1.05. The molecule has 5 heteroatoms. The fourth-order valence-electron chi connectivity index (χ4n) is 1.27. The van der Waals surface area contributed by atoms with E-state index in [1.807, 2.05) is 24.6 Å². The van der Waals surface area contributed by atoms with Gasteiger partial charge in [0, 0.05) is 31.1 Å². The maximum absolute atomic E-state index is 11.0. The maximum Gasteiger partial charge on any atom is 0.149 e. The van der Waals surface area contributed by atoms with Crippen LogP contribution in [0.25, 0.3) is 0 Å². The minimum atomic E-state index is -2.89. The smallest absolute Gasteiger partial charge is 0.149 e. The van der Waals surface area contributed by atoms with Crippen molar-refractivity contribution in [2.75, 3.05) is 12.0 Å². The highest BCUT2D eigenvalue weighted by Crippen LogP contribution is 2.11. The van der Waals surface area contributed by atoms with Crippen molar-refractivity contribution in [2.45, 2.75) is 26.3 Å². The summed E-state index contributed by atoms with van der Waals surface area (Å²) in [5, 5.41) is 0. The Hall–Kier alpha value is -0.840. The molecule has 4 nitrogen and oxygen atoms in total. The Morgan fingerprint density at radius 1 is 1.50 bits per heavy atom. The van der Waals surface area contributed by atoms with Crippen molar-refractivity contribution < 1.29 is 8.42 Å². The second-order valence-corrected chi connectivity index (χ2v) is 6.02. The van der Waals surface area contributed by atoms with E-state index in [2.05, 4.69) is 4.98 Å². The molecule has 0 aliphatic heterocycles. The Labute approximate surface area is 84.9 Å². The highest BCUT2D eigenvalue weighted by molar-refractivity contribution is 7.90. The molecule has 14 heavy (non-hydrogen) atoms. The molecule has 0 spiro atoms. The lowest BCUT2D eigenvalue weighted by molar-refractivity contribution is 0.588. The molecule has 0 atom stereocenters. The van der Waals surface area contributed by atoms with Gasteiger partial charge in [-0.1, -0.05) is 13.8 Å². The number of imidazole rings is 1. The molecule has 80 valence electrons. The number of hydrogen-bond acceptors (Lipinski definition) is 3. The van der Waals surface area contributed by atoms with Crippen molar-refractivity contribution in [3.05, 3.63) is 18.2 Å². The summed E-state index contributed by atoms with van der Waals surface area (Å²) in [7, 11) is -2.89. The molecule has 0 aliphatic carbocycles. The van der Waals surface area contributed by atoms with Crippen molar-refractivity contribution in [1.29, 1.82) is 0 Å². The number of aryl methyl sites for hydroxylation is 1. The van der Waals surface area contributed by atoms with E-state index in [4.69, 9.17) is 0 Å². The fourth-order valence-corrected chi connectivity index (χ4v) is 1.80. The molecule has 1 heterocycles. The Kier molecular flexibility index (Phi) is 3.31. The Balaban J connectivity index is 2.72. The van der Waals surface area contributed by atoms with Gasteiger partial charge in [-0.25, -0.2) is 13.4 Å². The zero-order chi connectivity index (χ0) is 10.8. The molecule has 0 unspecified atom stereocenters. The maximum atomic E-state index is 11.0. The number of sulfone groups is 1. The van der Waals surface area contributed by atoms with Gasteiger partial charge in [-0.15, -0.1) is 0 Å². The summed E-state index contributed by atoms with van der Waals surface area (Å²) in [5.41, 5.74) is 0. The minimum Gasteiger partial charge on any atom is -0.334 e. The average Bonchev–Trinajstić information content (AvgIpc) is 2.46. The molecule has 1 rings (SSSR count). The van der Waals surface area contributed by atoms with E-state index >= 15 is 0 Å². The molecule has 0 aromatic carbocycles. The summed E-state index contributed by atoms with van der Waals surface area (Å²) in [6.07, 6.45) is 4.77. The van der Waals surface area contributed by atoms with Crippen LogP contribution < -0.4 is 0 Å². The lowest BCUT2D eigenvalue weighted by atomic mass is 10.2. The topological polar surface area (TPSA) is 52.0 Å². The SMILES string of the molecule is CC(C)c1nccn1CCS(C)(=O)=O. The van der Waals surface area contributed by atoms with Gasteiger partial charge >= 0.3 is 0 Å². The Morgan fingerprint density at radius 2 is 2.14 bits per heavy atom. The highest BCUT2D eigenvalue weighted by Gasteiger charge is 2.09. The van der Waals surface area contributed by atoms with Gasteiger partial charge in [-0.3, -0.25) is 0 Å². The summed E-state index contributed by atoms with van der Waals surface area (Å²) in [6.45, 7) is 4.57. The van der Waals surface area contributed by atoms with E-state index in [0.717, 1.165) is 5.82 Å². The van der Waals surface area contributed by atoms with Crippen LogP contribution in [0, 0.1) is 0 Å². The highest BCUT2D eigenvalue weighted by atomic mass is 32.2. The second kappa shape index (κ2) is 4.13. The lowest BCUT2D eigenvalue weighted by Gasteiger charge is -2.09. The number of nitrogens with zero attached hydrogens (tertiary/aromatic N) is 2. The molecular weight excluding hydrogens is 200 g/mol. The zero-order valence-electron chi connectivity index (χ0n) is 8.77. The molecule has 0 saturated heterocycles. The largest absolute Gasteiger partial charge is 0.334 e. The number of hydrogen-bond donors (Lipinski definition) is 0. The van der Waals surface area contributed by atoms with Crippen molar-refractivity contribution in [3.63, 3.8) is 0 Å². The summed E-state index contributed by atoms with van der Waals surface area (Å²) in [5.74, 6) is 1.43. The van der Waals surface area contributed by atoms with Crippen molar-refractivity contribution in [3.8, 4) is 0 Å². The van der Waals surface area contributed by atoms with Gasteiger partial charge in [0.15, 0.2) is 0 Å². The molecule has 0 fully saturated rings. The average molecular weight is 216 g/mol. The van der Waals surface area contributed by atoms with Crippen LogP contribution in [0.4, 0.5) is 0 Å². The quantitative estimate of drug-likeness (QED) is 0.756. The molecule has 0 radical (unpaired) electrons. The van der Waals surface area contributed by atoms with E-state index in [9.17, 15) is 8.42 Å². The van der Waals surface area contributed by atoms with Crippen molar-refractivity contribution >= 4 is 9.84 Å². The molecule has 0 bridgehead atoms. The van der Waals surface area contributed by atoms with E-state index in [1.165, 1.54) is 6.26 Å². The molecular formula is C9H16N2O2S. The summed E-state index contributed by atoms with van der Waals surface area (Å²) >= 11 is 0. The third-order valence-corrected chi connectivity index (χ3v) is 2.89. The molecule has 1 aromatic heterocycles. The first kappa shape index (κ1) is 11.2. The van der Waals surface area contributed by atoms with Gasteiger partial charge in [0.05, 0.1) is 5.75 Å². The van der Waals surface area contributed by atoms with E-state index in [1.54, 1.807) is 6.20 Å². The molecule has 0 N–H and O–H groups in total. The Bertz CT molecular complexity index is 393. The van der Waals surface area contributed by atoms with Gasteiger partial charge in [0.25, 0.3) is 0 Å². The van der Waals surface area contributed by atoms with Crippen molar-refractivity contribution in [1.82, 2.24) is 9.55 Å². The van der Waals surface area contributed by atoms with Gasteiger partial charge in [0.1, 0.15) is 15.7 Å². The summed E-state index contributed by atoms with van der Waals surface area (Å²) in [4.78, 5) is 4.18. The van der Waals surface area contributed by atoms with Crippen LogP contribution in [0.5, 0.6) is 0 Å². The van der Waals surface area contributed by atoms with E-state index in [-0.39, 0.29) is 5.75 Å². The lowest BCUT2D eigenvalue weighted by Crippen LogP contribution is -2.13. The first-order valence-corrected chi connectivity index (χ1v) is 6.65. The first-order valence-electron chi connectivity index (χ1n) is 4.59. The van der Waals surface area contributed by atoms with Crippen LogP contribution in [0.3, 0.4) is 0 Å². The number of aromatic nitrogens is 2. The first-order chi connectivity index (χ1) is 6.40. The second-order valence-electron chi connectivity index (χ2n) is 3.76. The Morgan fingerprint density at radius 3 is 2.64 bits per heavy atom. The zero-order valence-corrected chi connectivity index (χ0v) is 9.58. The van der Waals surface area contributed by atoms with Crippen LogP contribution in [0.1, 0.15) is 25.6 Å². The van der Waals surface area contributed by atoms with Gasteiger partial charge in [0.2, 0.25) is 0 Å². The van der Waals surface area contributed by atoms with Crippen LogP contribution in [0.2, 0.25) is 0 Å². The summed E-state index contributed by atoms with van der Waals surface area (Å²) in [6, 6.07) is 0. The van der Waals surface area contributed by atoms with Crippen LogP contribution in [-0.2, 0) is 16.4 Å². The monoisotopic (exact) mass is 216 g/mol. The fraction of sp³-hybridized carbons (Fsp3) is 0.667. The van der Waals surface area contributed by atoms with Crippen LogP contribution in [-0.4, -0.2) is 30.0 Å². The van der Waals surface area contributed by atoms with E-state index < -0.39 is 9.84 Å². The predicted molar refractivity (Wildman–Crippen MR) is 56.0 cm³/mol. The van der Waals surface area contributed by atoms with Crippen LogP contribution in [0.15, 0.2) is 12.4 Å². The standard InChI is InChI=1S/C9H16N2O2S/c1-8(2)9-10-4-5-11(9)6-7-14(3,12)13/h4-5,8H,6-7H2,1-3H3. The van der Waals surface area contributed by atoms with E-state index in [0.29, 0.717) is 12.5 Å². The molecule has 0 amide bonds.